The Labute approximate surface area is 205 Å². The Morgan fingerprint density at radius 2 is 1.18 bits per heavy atom. The van der Waals surface area contributed by atoms with Gasteiger partial charge in [0.2, 0.25) is 0 Å². The molecular weight excluding hydrogens is 560 g/mol. The molecule has 0 saturated carbocycles. The Hall–Kier alpha value is -3.24. The molecular formula is C23H18Br2N2O6. The van der Waals surface area contributed by atoms with Gasteiger partial charge in [-0.05, 0) is 62.4 Å². The molecule has 2 aromatic carbocycles. The van der Waals surface area contributed by atoms with E-state index in [0.29, 0.717) is 28.3 Å². The maximum Gasteiger partial charge on any atom is 0.343 e. The highest BCUT2D eigenvalue weighted by molar-refractivity contribution is 9.10. The predicted octanol–water partition coefficient (Wildman–Crippen LogP) is 6.31. The number of aryl methyl sites for hydroxylation is 2. The number of nitrogens with zero attached hydrogens (tertiary/aromatic N) is 2. The van der Waals surface area contributed by atoms with Gasteiger partial charge in [0, 0.05) is 20.1 Å². The number of esters is 1. The van der Waals surface area contributed by atoms with Gasteiger partial charge in [-0.25, -0.2) is 9.59 Å². The van der Waals surface area contributed by atoms with Gasteiger partial charge in [-0.2, -0.15) is 0 Å². The molecule has 33 heavy (non-hydrogen) atoms. The molecule has 0 amide bonds. The third kappa shape index (κ3) is 5.58. The van der Waals surface area contributed by atoms with Crippen molar-refractivity contribution in [3.63, 3.8) is 0 Å². The second-order valence-corrected chi connectivity index (χ2v) is 8.59. The Kier molecular flexibility index (Phi) is 7.83. The number of halogens is 2. The van der Waals surface area contributed by atoms with Gasteiger partial charge < -0.3 is 18.9 Å². The molecule has 0 aliphatic heterocycles. The summed E-state index contributed by atoms with van der Waals surface area (Å²) >= 11 is 6.65. The molecule has 4 aromatic rings. The van der Waals surface area contributed by atoms with Crippen LogP contribution in [0.5, 0.6) is 0 Å². The molecule has 0 atom stereocenters. The van der Waals surface area contributed by atoms with E-state index in [1.807, 2.05) is 36.4 Å². The first-order valence-corrected chi connectivity index (χ1v) is 11.1. The summed E-state index contributed by atoms with van der Waals surface area (Å²) < 4.78 is 16.8. The number of carboxylic acids is 1. The second-order valence-electron chi connectivity index (χ2n) is 6.75. The number of benzene rings is 2. The van der Waals surface area contributed by atoms with E-state index in [4.69, 9.17) is 18.9 Å². The maximum absolute atomic E-state index is 11.6. The molecule has 10 heteroatoms. The zero-order valence-electron chi connectivity index (χ0n) is 17.8. The fraction of sp³-hybridized carbons (Fsp3) is 0.130. The van der Waals surface area contributed by atoms with Crippen LogP contribution >= 0.6 is 31.9 Å². The van der Waals surface area contributed by atoms with Crippen molar-refractivity contribution in [1.29, 1.82) is 0 Å². The van der Waals surface area contributed by atoms with Crippen LogP contribution < -0.4 is 0 Å². The van der Waals surface area contributed by atoms with Crippen LogP contribution in [-0.2, 0) is 4.74 Å². The number of carboxylic acid groups (broad SMARTS) is 1. The molecule has 2 heterocycles. The maximum atomic E-state index is 11.6. The quantitative estimate of drug-likeness (QED) is 0.280. The largest absolute Gasteiger partial charge is 0.477 e. The van der Waals surface area contributed by atoms with E-state index < -0.39 is 11.9 Å². The average molecular weight is 578 g/mol. The molecule has 170 valence electrons. The van der Waals surface area contributed by atoms with Crippen molar-refractivity contribution in [2.24, 2.45) is 0 Å². The van der Waals surface area contributed by atoms with Crippen molar-refractivity contribution in [3.8, 4) is 22.6 Å². The lowest BCUT2D eigenvalue weighted by atomic mass is 10.1. The lowest BCUT2D eigenvalue weighted by Gasteiger charge is -2.00. The lowest BCUT2D eigenvalue weighted by Crippen LogP contribution is -2.03. The van der Waals surface area contributed by atoms with Crippen LogP contribution in [0.4, 0.5) is 0 Å². The molecule has 1 N–H and O–H groups in total. The molecule has 0 radical (unpaired) electrons. The summed E-state index contributed by atoms with van der Waals surface area (Å²) in [6.45, 7) is 3.31. The van der Waals surface area contributed by atoms with Gasteiger partial charge >= 0.3 is 11.9 Å². The van der Waals surface area contributed by atoms with E-state index in [0.717, 1.165) is 14.5 Å². The fourth-order valence-corrected chi connectivity index (χ4v) is 3.46. The average Bonchev–Trinajstić information content (AvgIpc) is 3.37. The van der Waals surface area contributed by atoms with Crippen molar-refractivity contribution in [2.75, 3.05) is 7.11 Å². The minimum absolute atomic E-state index is 0.113. The third-order valence-electron chi connectivity index (χ3n) is 4.54. The number of carbonyl (C=O) groups excluding carboxylic acids is 1. The second kappa shape index (κ2) is 10.6. The number of rotatable bonds is 4. The van der Waals surface area contributed by atoms with Crippen molar-refractivity contribution >= 4 is 43.8 Å². The predicted molar refractivity (Wildman–Crippen MR) is 127 cm³/mol. The molecule has 2 aromatic heterocycles. The number of ether oxygens (including phenoxy) is 1. The van der Waals surface area contributed by atoms with E-state index in [1.54, 1.807) is 26.0 Å². The fourth-order valence-electron chi connectivity index (χ4n) is 2.93. The summed E-state index contributed by atoms with van der Waals surface area (Å²) in [6.07, 6.45) is 0. The summed E-state index contributed by atoms with van der Waals surface area (Å²) in [5.74, 6) is -0.752. The Morgan fingerprint density at radius 1 is 0.788 bits per heavy atom. The smallest absolute Gasteiger partial charge is 0.343 e. The number of carbonyl (C=O) groups is 2. The molecule has 0 bridgehead atoms. The van der Waals surface area contributed by atoms with E-state index in [2.05, 4.69) is 42.2 Å². The van der Waals surface area contributed by atoms with Crippen molar-refractivity contribution in [2.45, 2.75) is 13.8 Å². The highest BCUT2D eigenvalue weighted by Crippen LogP contribution is 2.28. The Bertz CT molecular complexity index is 1280. The monoisotopic (exact) mass is 576 g/mol. The highest BCUT2D eigenvalue weighted by Gasteiger charge is 2.22. The minimum atomic E-state index is -1.03. The summed E-state index contributed by atoms with van der Waals surface area (Å²) in [4.78, 5) is 22.7. The minimum Gasteiger partial charge on any atom is -0.477 e. The summed E-state index contributed by atoms with van der Waals surface area (Å²) in [5.41, 5.74) is 2.87. The van der Waals surface area contributed by atoms with Crippen molar-refractivity contribution in [1.82, 2.24) is 10.3 Å². The topological polar surface area (TPSA) is 116 Å². The molecule has 0 fully saturated rings. The van der Waals surface area contributed by atoms with E-state index in [9.17, 15) is 9.59 Å². The van der Waals surface area contributed by atoms with Crippen LogP contribution in [0, 0.1) is 13.8 Å². The van der Waals surface area contributed by atoms with E-state index in [1.165, 1.54) is 7.11 Å². The first kappa shape index (κ1) is 24.4. The van der Waals surface area contributed by atoms with Crippen LogP contribution in [0.1, 0.15) is 32.1 Å². The van der Waals surface area contributed by atoms with Crippen molar-refractivity contribution in [3.05, 3.63) is 80.0 Å². The molecule has 0 aliphatic carbocycles. The van der Waals surface area contributed by atoms with Gasteiger partial charge in [0.15, 0.2) is 11.5 Å². The zero-order valence-corrected chi connectivity index (χ0v) is 20.9. The number of hydrogen-bond donors (Lipinski definition) is 1. The van der Waals surface area contributed by atoms with Crippen LogP contribution in [0.15, 0.2) is 66.5 Å². The molecule has 0 aliphatic rings. The first-order valence-electron chi connectivity index (χ1n) is 9.49. The number of aromatic nitrogens is 2. The lowest BCUT2D eigenvalue weighted by molar-refractivity contribution is 0.0599. The molecule has 0 unspecified atom stereocenters. The number of aromatic carboxylic acids is 1. The normalized spacial score (nSPS) is 10.3. The van der Waals surface area contributed by atoms with Crippen LogP contribution in [-0.4, -0.2) is 34.5 Å². The summed E-state index contributed by atoms with van der Waals surface area (Å²) in [7, 11) is 1.33. The summed E-state index contributed by atoms with van der Waals surface area (Å²) in [5, 5.41) is 16.5. The molecule has 4 rings (SSSR count). The van der Waals surface area contributed by atoms with Crippen molar-refractivity contribution < 1.29 is 28.5 Å². The van der Waals surface area contributed by atoms with E-state index >= 15 is 0 Å². The number of methoxy groups -OCH3 is 1. The molecule has 0 saturated heterocycles. The van der Waals surface area contributed by atoms with Gasteiger partial charge in [-0.3, -0.25) is 0 Å². The highest BCUT2D eigenvalue weighted by atomic mass is 79.9. The standard InChI is InChI=1S/C12H10BrNO3.C11H8BrNO3/c1-7-10(12(15)16-2)11(17-14-7)8-3-5-9(13)6-4-8;1-6-9(11(14)15)10(16-13-6)7-2-4-8(12)5-3-7/h3-6H,1-2H3;2-5H,1H3,(H,14,15). The molecule has 8 nitrogen and oxygen atoms in total. The van der Waals surface area contributed by atoms with Crippen LogP contribution in [0.25, 0.3) is 22.6 Å². The third-order valence-corrected chi connectivity index (χ3v) is 5.60. The van der Waals surface area contributed by atoms with Gasteiger partial charge in [-0.15, -0.1) is 0 Å². The summed E-state index contributed by atoms with van der Waals surface area (Å²) in [6, 6.07) is 14.6. The van der Waals surface area contributed by atoms with Crippen LogP contribution in [0.2, 0.25) is 0 Å². The molecule has 0 spiro atoms. The SMILES string of the molecule is COC(=O)c1c(C)noc1-c1ccc(Br)cc1.Cc1noc(-c2ccc(Br)cc2)c1C(=O)O. The first-order chi connectivity index (χ1) is 15.7. The Balaban J connectivity index is 0.000000186. The Morgan fingerprint density at radius 3 is 1.58 bits per heavy atom. The van der Waals surface area contributed by atoms with Gasteiger partial charge in [0.25, 0.3) is 0 Å². The van der Waals surface area contributed by atoms with Crippen LogP contribution in [0.3, 0.4) is 0 Å². The van der Waals surface area contributed by atoms with Gasteiger partial charge in [-0.1, -0.05) is 42.2 Å². The number of hydrogen-bond acceptors (Lipinski definition) is 7. The van der Waals surface area contributed by atoms with E-state index in [-0.39, 0.29) is 11.3 Å². The van der Waals surface area contributed by atoms with Gasteiger partial charge in [0.05, 0.1) is 18.5 Å². The van der Waals surface area contributed by atoms with Gasteiger partial charge in [0.1, 0.15) is 11.1 Å². The zero-order chi connectivity index (χ0) is 24.1.